The number of benzene rings is 2. The Morgan fingerprint density at radius 3 is 2.12 bits per heavy atom. The molecule has 0 unspecified atom stereocenters. The van der Waals surface area contributed by atoms with Crippen molar-refractivity contribution in [1.29, 1.82) is 0 Å². The molecule has 0 aliphatic carbocycles. The van der Waals surface area contributed by atoms with Crippen molar-refractivity contribution < 1.29 is 19.1 Å². The van der Waals surface area contributed by atoms with E-state index in [2.05, 4.69) is 0 Å². The lowest BCUT2D eigenvalue weighted by Crippen LogP contribution is -2.15. The largest absolute Gasteiger partial charge is 0.462 e. The average Bonchev–Trinajstić information content (AvgIpc) is 2.59. The Kier molecular flexibility index (Phi) is 6.82. The third kappa shape index (κ3) is 5.10. The second-order valence-electron chi connectivity index (χ2n) is 5.20. The first-order valence-corrected chi connectivity index (χ1v) is 8.17. The molecule has 0 radical (unpaired) electrons. The van der Waals surface area contributed by atoms with Gasteiger partial charge >= 0.3 is 11.9 Å². The second-order valence-corrected chi connectivity index (χ2v) is 5.63. The number of esters is 2. The van der Waals surface area contributed by atoms with Crippen LogP contribution in [-0.2, 0) is 15.9 Å². The molecule has 4 nitrogen and oxygen atoms in total. The normalized spacial score (nSPS) is 10.2. The summed E-state index contributed by atoms with van der Waals surface area (Å²) in [5.41, 5.74) is 1.41. The van der Waals surface area contributed by atoms with Crippen molar-refractivity contribution in [3.8, 4) is 0 Å². The number of ether oxygens (including phenoxy) is 2. The third-order valence-electron chi connectivity index (χ3n) is 3.32. The molecule has 0 aromatic heterocycles. The molecule has 0 N–H and O–H groups in total. The Hall–Kier alpha value is -2.33. The zero-order valence-corrected chi connectivity index (χ0v) is 14.2. The molecule has 2 aromatic carbocycles. The lowest BCUT2D eigenvalue weighted by Gasteiger charge is -2.09. The molecule has 0 aliphatic rings. The number of hydrogen-bond acceptors (Lipinski definition) is 4. The van der Waals surface area contributed by atoms with Gasteiger partial charge in [-0.25, -0.2) is 9.59 Å². The number of carbonyl (C=O) groups excluding carboxylic acids is 2. The van der Waals surface area contributed by atoms with Crippen LogP contribution >= 0.6 is 11.6 Å². The molecule has 0 spiro atoms. The van der Waals surface area contributed by atoms with Gasteiger partial charge in [0, 0.05) is 11.4 Å². The Labute approximate surface area is 146 Å². The van der Waals surface area contributed by atoms with Crippen LogP contribution in [0.25, 0.3) is 0 Å². The topological polar surface area (TPSA) is 52.6 Å². The maximum absolute atomic E-state index is 12.2. The summed E-state index contributed by atoms with van der Waals surface area (Å²) in [6, 6.07) is 13.9. The Morgan fingerprint density at radius 2 is 1.54 bits per heavy atom. The smallest absolute Gasteiger partial charge is 0.339 e. The quantitative estimate of drug-likeness (QED) is 0.701. The maximum atomic E-state index is 12.2. The first-order valence-electron chi connectivity index (χ1n) is 7.79. The van der Waals surface area contributed by atoms with Gasteiger partial charge in [-0.1, -0.05) is 42.8 Å². The maximum Gasteiger partial charge on any atom is 0.339 e. The minimum Gasteiger partial charge on any atom is -0.462 e. The highest BCUT2D eigenvalue weighted by molar-refractivity contribution is 6.30. The zero-order chi connectivity index (χ0) is 17.4. The Bertz CT molecular complexity index is 712. The van der Waals surface area contributed by atoms with Crippen LogP contribution in [-0.4, -0.2) is 25.2 Å². The zero-order valence-electron chi connectivity index (χ0n) is 13.5. The molecule has 0 heterocycles. The molecule has 24 heavy (non-hydrogen) atoms. The standard InChI is InChI=1S/C19H19ClO4/c1-2-11-23-18(21)16-8-3-4-9-17(16)19(22)24-12-10-14-6-5-7-15(20)13-14/h3-9,13H,2,10-12H2,1H3. The lowest BCUT2D eigenvalue weighted by atomic mass is 10.1. The van der Waals surface area contributed by atoms with Crippen molar-refractivity contribution >= 4 is 23.5 Å². The lowest BCUT2D eigenvalue weighted by molar-refractivity contribution is 0.0460. The van der Waals surface area contributed by atoms with E-state index in [4.69, 9.17) is 21.1 Å². The van der Waals surface area contributed by atoms with Crippen LogP contribution in [0.1, 0.15) is 39.6 Å². The molecule has 0 saturated heterocycles. The molecular weight excluding hydrogens is 328 g/mol. The molecule has 0 amide bonds. The van der Waals surface area contributed by atoms with Crippen molar-refractivity contribution in [3.05, 3.63) is 70.2 Å². The SMILES string of the molecule is CCCOC(=O)c1ccccc1C(=O)OCCc1cccc(Cl)c1. The van der Waals surface area contributed by atoms with E-state index in [1.54, 1.807) is 30.3 Å². The minimum absolute atomic E-state index is 0.206. The van der Waals surface area contributed by atoms with Crippen LogP contribution in [0.5, 0.6) is 0 Å². The first-order chi connectivity index (χ1) is 11.6. The van der Waals surface area contributed by atoms with E-state index in [0.717, 1.165) is 12.0 Å². The van der Waals surface area contributed by atoms with Crippen molar-refractivity contribution in [1.82, 2.24) is 0 Å². The van der Waals surface area contributed by atoms with E-state index < -0.39 is 11.9 Å². The van der Waals surface area contributed by atoms with Crippen LogP contribution in [0.4, 0.5) is 0 Å². The van der Waals surface area contributed by atoms with Gasteiger partial charge in [0.2, 0.25) is 0 Å². The molecule has 2 aromatic rings. The molecule has 0 fully saturated rings. The van der Waals surface area contributed by atoms with Crippen LogP contribution in [0.3, 0.4) is 0 Å². The summed E-state index contributed by atoms with van der Waals surface area (Å²) < 4.78 is 10.4. The summed E-state index contributed by atoms with van der Waals surface area (Å²) in [7, 11) is 0. The minimum atomic E-state index is -0.541. The Morgan fingerprint density at radius 1 is 0.917 bits per heavy atom. The van der Waals surface area contributed by atoms with Gasteiger partial charge in [-0.05, 0) is 36.2 Å². The van der Waals surface area contributed by atoms with Crippen LogP contribution in [0, 0.1) is 0 Å². The van der Waals surface area contributed by atoms with E-state index in [0.29, 0.717) is 18.1 Å². The van der Waals surface area contributed by atoms with Gasteiger partial charge < -0.3 is 9.47 Å². The summed E-state index contributed by atoms with van der Waals surface area (Å²) in [5.74, 6) is -1.06. The fraction of sp³-hybridized carbons (Fsp3) is 0.263. The third-order valence-corrected chi connectivity index (χ3v) is 3.55. The van der Waals surface area contributed by atoms with Crippen molar-refractivity contribution in [3.63, 3.8) is 0 Å². The van der Waals surface area contributed by atoms with Gasteiger partial charge in [-0.2, -0.15) is 0 Å². The highest BCUT2D eigenvalue weighted by Crippen LogP contribution is 2.14. The van der Waals surface area contributed by atoms with Crippen molar-refractivity contribution in [2.45, 2.75) is 19.8 Å². The number of hydrogen-bond donors (Lipinski definition) is 0. The van der Waals surface area contributed by atoms with E-state index in [1.165, 1.54) is 0 Å². The predicted molar refractivity (Wildman–Crippen MR) is 92.5 cm³/mol. The number of halogens is 1. The molecule has 0 atom stereocenters. The van der Waals surface area contributed by atoms with Gasteiger partial charge in [-0.15, -0.1) is 0 Å². The average molecular weight is 347 g/mol. The summed E-state index contributed by atoms with van der Waals surface area (Å²) in [6.07, 6.45) is 1.27. The molecular formula is C19H19ClO4. The summed E-state index contributed by atoms with van der Waals surface area (Å²) in [6.45, 7) is 2.43. The van der Waals surface area contributed by atoms with E-state index in [9.17, 15) is 9.59 Å². The van der Waals surface area contributed by atoms with Crippen molar-refractivity contribution in [2.75, 3.05) is 13.2 Å². The van der Waals surface area contributed by atoms with Gasteiger partial charge in [0.15, 0.2) is 0 Å². The van der Waals surface area contributed by atoms with Crippen LogP contribution in [0.15, 0.2) is 48.5 Å². The summed E-state index contributed by atoms with van der Waals surface area (Å²) in [4.78, 5) is 24.3. The molecule has 0 aliphatic heterocycles. The van der Waals surface area contributed by atoms with Gasteiger partial charge in [0.1, 0.15) is 0 Å². The second kappa shape index (κ2) is 9.08. The molecule has 2 rings (SSSR count). The van der Waals surface area contributed by atoms with E-state index in [-0.39, 0.29) is 17.7 Å². The van der Waals surface area contributed by atoms with E-state index >= 15 is 0 Å². The van der Waals surface area contributed by atoms with Crippen LogP contribution < -0.4 is 0 Å². The fourth-order valence-corrected chi connectivity index (χ4v) is 2.36. The first kappa shape index (κ1) is 18.0. The molecule has 5 heteroatoms. The highest BCUT2D eigenvalue weighted by atomic mass is 35.5. The number of carbonyl (C=O) groups is 2. The van der Waals surface area contributed by atoms with E-state index in [1.807, 2.05) is 25.1 Å². The monoisotopic (exact) mass is 346 g/mol. The van der Waals surface area contributed by atoms with Crippen molar-refractivity contribution in [2.24, 2.45) is 0 Å². The highest BCUT2D eigenvalue weighted by Gasteiger charge is 2.18. The molecule has 0 saturated carbocycles. The van der Waals surface area contributed by atoms with Gasteiger partial charge in [0.25, 0.3) is 0 Å². The molecule has 0 bridgehead atoms. The predicted octanol–water partition coefficient (Wildman–Crippen LogP) is 4.31. The number of rotatable bonds is 7. The van der Waals surface area contributed by atoms with Gasteiger partial charge in [0.05, 0.1) is 24.3 Å². The summed E-state index contributed by atoms with van der Waals surface area (Å²) in [5, 5.41) is 0.642. The molecule has 126 valence electrons. The van der Waals surface area contributed by atoms with Gasteiger partial charge in [-0.3, -0.25) is 0 Å². The van der Waals surface area contributed by atoms with Crippen LogP contribution in [0.2, 0.25) is 5.02 Å². The Balaban J connectivity index is 1.98. The summed E-state index contributed by atoms with van der Waals surface area (Å²) >= 11 is 5.92. The fourth-order valence-electron chi connectivity index (χ4n) is 2.14.